The van der Waals surface area contributed by atoms with Crippen molar-refractivity contribution in [3.63, 3.8) is 0 Å². The fraction of sp³-hybridized carbons (Fsp3) is 0.348. The maximum atomic E-state index is 13.4. The molecule has 0 N–H and O–H groups in total. The van der Waals surface area contributed by atoms with Gasteiger partial charge in [-0.2, -0.15) is 4.52 Å². The van der Waals surface area contributed by atoms with E-state index in [2.05, 4.69) is 15.2 Å². The van der Waals surface area contributed by atoms with Gasteiger partial charge in [0.25, 0.3) is 0 Å². The standard InChI is InChI=1S/C23H23N5O4S/c1-16-6-8-17(9-7-16)33(29,30)22-21-24-20(18-4-2-3-5-19(18)28(21)26-25-22)27-12-10-23(11-13-27)31-14-15-32-23/h2-9H,10-15H2,1H3. The summed E-state index contributed by atoms with van der Waals surface area (Å²) < 4.78 is 40.0. The molecule has 2 aliphatic rings. The van der Waals surface area contributed by atoms with E-state index in [0.29, 0.717) is 32.1 Å². The molecule has 0 saturated carbocycles. The number of anilines is 1. The quantitative estimate of drug-likeness (QED) is 0.456. The second kappa shape index (κ2) is 7.47. The summed E-state index contributed by atoms with van der Waals surface area (Å²) in [5.41, 5.74) is 1.95. The monoisotopic (exact) mass is 465 g/mol. The van der Waals surface area contributed by atoms with Crippen LogP contribution in [0.1, 0.15) is 18.4 Å². The van der Waals surface area contributed by atoms with Crippen molar-refractivity contribution in [2.24, 2.45) is 0 Å². The minimum Gasteiger partial charge on any atom is -0.356 e. The molecule has 4 aromatic rings. The number of hydrogen-bond donors (Lipinski definition) is 0. The summed E-state index contributed by atoms with van der Waals surface area (Å²) >= 11 is 0. The van der Waals surface area contributed by atoms with E-state index in [-0.39, 0.29) is 15.6 Å². The van der Waals surface area contributed by atoms with Crippen LogP contribution in [0.4, 0.5) is 5.82 Å². The SMILES string of the molecule is Cc1ccc(S(=O)(=O)c2nnn3c2nc(N2CCC4(CC2)OCCO4)c2ccccc23)cc1. The zero-order chi connectivity index (χ0) is 22.6. The van der Waals surface area contributed by atoms with Gasteiger partial charge in [-0.05, 0) is 31.2 Å². The van der Waals surface area contributed by atoms with E-state index in [0.717, 1.165) is 29.3 Å². The highest BCUT2D eigenvalue weighted by atomic mass is 32.2. The number of nitrogens with zero attached hydrogens (tertiary/aromatic N) is 5. The lowest BCUT2D eigenvalue weighted by Gasteiger charge is -2.38. The van der Waals surface area contributed by atoms with Crippen LogP contribution in [0.5, 0.6) is 0 Å². The molecule has 0 atom stereocenters. The average molecular weight is 466 g/mol. The topological polar surface area (TPSA) is 98.9 Å². The van der Waals surface area contributed by atoms with Crippen molar-refractivity contribution >= 4 is 32.2 Å². The molecule has 0 bridgehead atoms. The van der Waals surface area contributed by atoms with E-state index in [4.69, 9.17) is 14.5 Å². The summed E-state index contributed by atoms with van der Waals surface area (Å²) in [5, 5.41) is 8.97. The van der Waals surface area contributed by atoms with Crippen molar-refractivity contribution in [1.29, 1.82) is 0 Å². The van der Waals surface area contributed by atoms with Gasteiger partial charge in [-0.25, -0.2) is 13.4 Å². The zero-order valence-corrected chi connectivity index (χ0v) is 19.0. The minimum atomic E-state index is -3.89. The molecule has 6 rings (SSSR count). The van der Waals surface area contributed by atoms with Crippen LogP contribution in [-0.2, 0) is 19.3 Å². The second-order valence-corrected chi connectivity index (χ2v) is 10.4. The van der Waals surface area contributed by atoms with Crippen LogP contribution < -0.4 is 4.90 Å². The van der Waals surface area contributed by atoms with Gasteiger partial charge in [0, 0.05) is 31.3 Å². The Morgan fingerprint density at radius 2 is 1.67 bits per heavy atom. The van der Waals surface area contributed by atoms with Gasteiger partial charge in [-0.1, -0.05) is 35.0 Å². The molecule has 4 heterocycles. The van der Waals surface area contributed by atoms with Crippen LogP contribution in [0.15, 0.2) is 58.5 Å². The van der Waals surface area contributed by atoms with Crippen LogP contribution >= 0.6 is 0 Å². The third-order valence-electron chi connectivity index (χ3n) is 6.43. The first-order chi connectivity index (χ1) is 16.0. The van der Waals surface area contributed by atoms with Crippen LogP contribution in [0.2, 0.25) is 0 Å². The molecule has 2 fully saturated rings. The summed E-state index contributed by atoms with van der Waals surface area (Å²) in [6.07, 6.45) is 1.44. The third kappa shape index (κ3) is 3.28. The summed E-state index contributed by atoms with van der Waals surface area (Å²) in [6.45, 7) is 4.53. The number of benzene rings is 2. The van der Waals surface area contributed by atoms with Crippen molar-refractivity contribution in [3.05, 3.63) is 54.1 Å². The Hall–Kier alpha value is -3.08. The van der Waals surface area contributed by atoms with Gasteiger partial charge in [-0.3, -0.25) is 0 Å². The summed E-state index contributed by atoms with van der Waals surface area (Å²) in [7, 11) is -3.89. The molecule has 2 aromatic carbocycles. The van der Waals surface area contributed by atoms with Gasteiger partial charge in [0.15, 0.2) is 11.4 Å². The van der Waals surface area contributed by atoms with Gasteiger partial charge in [0.2, 0.25) is 14.9 Å². The number of hydrogen-bond acceptors (Lipinski definition) is 8. The molecule has 9 nitrogen and oxygen atoms in total. The van der Waals surface area contributed by atoms with E-state index in [1.165, 1.54) is 4.52 Å². The van der Waals surface area contributed by atoms with Crippen molar-refractivity contribution in [2.75, 3.05) is 31.2 Å². The molecule has 10 heteroatoms. The lowest BCUT2D eigenvalue weighted by Crippen LogP contribution is -2.45. The Bertz CT molecular complexity index is 1450. The number of rotatable bonds is 3. The van der Waals surface area contributed by atoms with Gasteiger partial charge in [-0.15, -0.1) is 5.10 Å². The number of piperidine rings is 1. The summed E-state index contributed by atoms with van der Waals surface area (Å²) in [5.74, 6) is 0.211. The number of para-hydroxylation sites is 1. The molecular formula is C23H23N5O4S. The molecule has 2 aromatic heterocycles. The predicted octanol–water partition coefficient (Wildman–Crippen LogP) is 2.76. The van der Waals surface area contributed by atoms with E-state index < -0.39 is 15.6 Å². The minimum absolute atomic E-state index is 0.144. The lowest BCUT2D eigenvalue weighted by atomic mass is 10.0. The molecular weight excluding hydrogens is 442 g/mol. The number of fused-ring (bicyclic) bond motifs is 3. The number of aryl methyl sites for hydroxylation is 1. The Morgan fingerprint density at radius 1 is 0.970 bits per heavy atom. The fourth-order valence-corrected chi connectivity index (χ4v) is 5.85. The number of sulfone groups is 1. The Labute approximate surface area is 190 Å². The fourth-order valence-electron chi connectivity index (χ4n) is 4.62. The highest BCUT2D eigenvalue weighted by molar-refractivity contribution is 7.91. The largest absolute Gasteiger partial charge is 0.356 e. The zero-order valence-electron chi connectivity index (χ0n) is 18.1. The molecule has 1 spiro atoms. The molecule has 0 radical (unpaired) electrons. The molecule has 33 heavy (non-hydrogen) atoms. The van der Waals surface area contributed by atoms with Crippen molar-refractivity contribution in [3.8, 4) is 0 Å². The number of ether oxygens (including phenoxy) is 2. The smallest absolute Gasteiger partial charge is 0.229 e. The van der Waals surface area contributed by atoms with Crippen molar-refractivity contribution in [2.45, 2.75) is 35.5 Å². The van der Waals surface area contributed by atoms with Crippen LogP contribution in [0.25, 0.3) is 16.6 Å². The third-order valence-corrected chi connectivity index (χ3v) is 8.09. The highest BCUT2D eigenvalue weighted by Crippen LogP contribution is 2.36. The van der Waals surface area contributed by atoms with E-state index in [9.17, 15) is 8.42 Å². The first-order valence-electron chi connectivity index (χ1n) is 11.0. The summed E-state index contributed by atoms with van der Waals surface area (Å²) in [4.78, 5) is 7.14. The molecule has 170 valence electrons. The molecule has 0 amide bonds. The molecule has 2 saturated heterocycles. The van der Waals surface area contributed by atoms with E-state index in [1.807, 2.05) is 31.2 Å². The lowest BCUT2D eigenvalue weighted by molar-refractivity contribution is -0.169. The number of aromatic nitrogens is 4. The molecule has 0 unspecified atom stereocenters. The maximum Gasteiger partial charge on any atom is 0.229 e. The first-order valence-corrected chi connectivity index (χ1v) is 12.4. The van der Waals surface area contributed by atoms with Crippen LogP contribution in [0.3, 0.4) is 0 Å². The van der Waals surface area contributed by atoms with Crippen molar-refractivity contribution in [1.82, 2.24) is 19.8 Å². The van der Waals surface area contributed by atoms with Crippen molar-refractivity contribution < 1.29 is 17.9 Å². The maximum absolute atomic E-state index is 13.4. The predicted molar refractivity (Wildman–Crippen MR) is 121 cm³/mol. The van der Waals surface area contributed by atoms with Gasteiger partial charge in [0.05, 0.1) is 23.6 Å². The van der Waals surface area contributed by atoms with Crippen LogP contribution in [0, 0.1) is 6.92 Å². The average Bonchev–Trinajstić information content (AvgIpc) is 3.47. The molecule has 0 aliphatic carbocycles. The van der Waals surface area contributed by atoms with E-state index >= 15 is 0 Å². The van der Waals surface area contributed by atoms with Gasteiger partial charge in [0.1, 0.15) is 5.82 Å². The van der Waals surface area contributed by atoms with Gasteiger partial charge >= 0.3 is 0 Å². The Morgan fingerprint density at radius 3 is 2.39 bits per heavy atom. The van der Waals surface area contributed by atoms with Crippen LogP contribution in [-0.4, -0.2) is 60.3 Å². The normalized spacial score (nSPS) is 18.5. The highest BCUT2D eigenvalue weighted by Gasteiger charge is 2.40. The first kappa shape index (κ1) is 20.5. The summed E-state index contributed by atoms with van der Waals surface area (Å²) in [6, 6.07) is 14.4. The second-order valence-electron chi connectivity index (χ2n) is 8.49. The van der Waals surface area contributed by atoms with Gasteiger partial charge < -0.3 is 14.4 Å². The Kier molecular flexibility index (Phi) is 4.65. The van der Waals surface area contributed by atoms with E-state index in [1.54, 1.807) is 24.3 Å². The Balaban J connectivity index is 1.48. The molecule has 2 aliphatic heterocycles.